The molecule has 0 saturated carbocycles. The number of aromatic nitrogens is 2. The zero-order chi connectivity index (χ0) is 15.6. The van der Waals surface area contributed by atoms with Crippen molar-refractivity contribution in [3.05, 3.63) is 42.1 Å². The molecule has 1 aliphatic heterocycles. The monoisotopic (exact) mass is 318 g/mol. The van der Waals surface area contributed by atoms with Gasteiger partial charge >= 0.3 is 0 Å². The van der Waals surface area contributed by atoms with Crippen molar-refractivity contribution in [3.8, 4) is 0 Å². The van der Waals surface area contributed by atoms with Crippen molar-refractivity contribution in [1.29, 1.82) is 0 Å². The van der Waals surface area contributed by atoms with Gasteiger partial charge in [0.25, 0.3) is 0 Å². The topological polar surface area (TPSA) is 84.0 Å². The Hall–Kier alpha value is -2.15. The second kappa shape index (κ2) is 5.92. The molecular formula is C15H18N4O2S. The molecule has 22 heavy (non-hydrogen) atoms. The summed E-state index contributed by atoms with van der Waals surface area (Å²) >= 11 is 0. The van der Waals surface area contributed by atoms with E-state index in [1.807, 2.05) is 43.3 Å². The van der Waals surface area contributed by atoms with Crippen LogP contribution >= 0.6 is 0 Å². The molecule has 1 saturated heterocycles. The van der Waals surface area contributed by atoms with E-state index in [0.29, 0.717) is 18.2 Å². The third-order valence-electron chi connectivity index (χ3n) is 3.47. The van der Waals surface area contributed by atoms with Crippen LogP contribution in [0.5, 0.6) is 0 Å². The van der Waals surface area contributed by atoms with Gasteiger partial charge in [0.15, 0.2) is 9.84 Å². The van der Waals surface area contributed by atoms with Crippen molar-refractivity contribution < 1.29 is 8.42 Å². The molecule has 1 unspecified atom stereocenters. The Labute approximate surface area is 129 Å². The third-order valence-corrected chi connectivity index (χ3v) is 5.24. The summed E-state index contributed by atoms with van der Waals surface area (Å²) in [6, 6.07) is 11.4. The summed E-state index contributed by atoms with van der Waals surface area (Å²) in [4.78, 5) is 8.76. The van der Waals surface area contributed by atoms with Gasteiger partial charge in [-0.1, -0.05) is 18.2 Å². The van der Waals surface area contributed by atoms with E-state index in [1.165, 1.54) is 0 Å². The van der Waals surface area contributed by atoms with Gasteiger partial charge in [0.05, 0.1) is 11.5 Å². The molecule has 0 spiro atoms. The molecule has 7 heteroatoms. The van der Waals surface area contributed by atoms with Crippen LogP contribution in [0.2, 0.25) is 0 Å². The molecule has 1 aliphatic rings. The van der Waals surface area contributed by atoms with Crippen LogP contribution in [0.15, 0.2) is 36.4 Å². The molecule has 1 fully saturated rings. The predicted molar refractivity (Wildman–Crippen MR) is 87.2 cm³/mol. The van der Waals surface area contributed by atoms with Gasteiger partial charge in [-0.2, -0.15) is 4.98 Å². The first-order chi connectivity index (χ1) is 10.5. The number of sulfone groups is 1. The van der Waals surface area contributed by atoms with Crippen LogP contribution in [-0.2, 0) is 9.84 Å². The number of rotatable bonds is 4. The Kier molecular flexibility index (Phi) is 3.98. The lowest BCUT2D eigenvalue weighted by atomic mass is 10.2. The van der Waals surface area contributed by atoms with Gasteiger partial charge in [0.2, 0.25) is 5.95 Å². The minimum atomic E-state index is -2.91. The molecular weight excluding hydrogens is 300 g/mol. The number of nitrogens with zero attached hydrogens (tertiary/aromatic N) is 2. The molecule has 0 radical (unpaired) electrons. The average molecular weight is 318 g/mol. The van der Waals surface area contributed by atoms with E-state index >= 15 is 0 Å². The van der Waals surface area contributed by atoms with Gasteiger partial charge in [0.1, 0.15) is 5.82 Å². The minimum Gasteiger partial charge on any atom is -0.366 e. The molecule has 0 amide bonds. The van der Waals surface area contributed by atoms with E-state index in [2.05, 4.69) is 20.6 Å². The maximum absolute atomic E-state index is 11.5. The highest BCUT2D eigenvalue weighted by Gasteiger charge is 2.28. The summed E-state index contributed by atoms with van der Waals surface area (Å²) in [6.45, 7) is 1.88. The first-order valence-electron chi connectivity index (χ1n) is 7.15. The lowest BCUT2D eigenvalue weighted by molar-refractivity contribution is 0.602. The van der Waals surface area contributed by atoms with Gasteiger partial charge in [-0.25, -0.2) is 13.4 Å². The summed E-state index contributed by atoms with van der Waals surface area (Å²) in [6.07, 6.45) is 0.618. The fraction of sp³-hybridized carbons (Fsp3) is 0.333. The van der Waals surface area contributed by atoms with Crippen molar-refractivity contribution in [1.82, 2.24) is 9.97 Å². The smallest absolute Gasteiger partial charge is 0.229 e. The van der Waals surface area contributed by atoms with Crippen LogP contribution in [-0.4, -0.2) is 35.9 Å². The summed E-state index contributed by atoms with van der Waals surface area (Å²) in [5.41, 5.74) is 1.72. The second-order valence-electron chi connectivity index (χ2n) is 5.45. The fourth-order valence-corrected chi connectivity index (χ4v) is 4.14. The van der Waals surface area contributed by atoms with E-state index in [0.717, 1.165) is 11.4 Å². The molecule has 116 valence electrons. The molecule has 6 nitrogen and oxygen atoms in total. The standard InChI is InChI=1S/C15H18N4O2S/c1-11-9-14(17-13-7-8-22(20,21)10-13)19-15(16-11)18-12-5-3-2-4-6-12/h2-6,9,13H,7-8,10H2,1H3,(H2,16,17,18,19). The molecule has 0 aliphatic carbocycles. The van der Waals surface area contributed by atoms with Crippen molar-refractivity contribution in [2.45, 2.75) is 19.4 Å². The number of benzene rings is 1. The Balaban J connectivity index is 1.75. The first kappa shape index (κ1) is 14.8. The Morgan fingerprint density at radius 2 is 1.95 bits per heavy atom. The van der Waals surface area contributed by atoms with Crippen LogP contribution in [0.1, 0.15) is 12.1 Å². The van der Waals surface area contributed by atoms with Crippen molar-refractivity contribution in [2.75, 3.05) is 22.1 Å². The van der Waals surface area contributed by atoms with Crippen LogP contribution in [0, 0.1) is 6.92 Å². The zero-order valence-corrected chi connectivity index (χ0v) is 13.1. The molecule has 0 bridgehead atoms. The quantitative estimate of drug-likeness (QED) is 0.898. The van der Waals surface area contributed by atoms with Gasteiger partial charge in [-0.05, 0) is 25.5 Å². The molecule has 2 aromatic rings. The van der Waals surface area contributed by atoms with Gasteiger partial charge in [0, 0.05) is 23.5 Å². The number of aryl methyl sites for hydroxylation is 1. The molecule has 2 N–H and O–H groups in total. The second-order valence-corrected chi connectivity index (χ2v) is 7.68. The molecule has 1 aromatic carbocycles. The van der Waals surface area contributed by atoms with Gasteiger partial charge in [-0.15, -0.1) is 0 Å². The summed E-state index contributed by atoms with van der Waals surface area (Å²) in [5.74, 6) is 1.55. The summed E-state index contributed by atoms with van der Waals surface area (Å²) in [5, 5.41) is 6.34. The highest BCUT2D eigenvalue weighted by Crippen LogP contribution is 2.19. The number of para-hydroxylation sites is 1. The Morgan fingerprint density at radius 1 is 1.18 bits per heavy atom. The van der Waals surface area contributed by atoms with Gasteiger partial charge in [-0.3, -0.25) is 0 Å². The van der Waals surface area contributed by atoms with Gasteiger partial charge < -0.3 is 10.6 Å². The highest BCUT2D eigenvalue weighted by atomic mass is 32.2. The minimum absolute atomic E-state index is 0.0797. The van der Waals surface area contributed by atoms with Crippen LogP contribution in [0.4, 0.5) is 17.5 Å². The number of nitrogens with one attached hydrogen (secondary N) is 2. The zero-order valence-electron chi connectivity index (χ0n) is 12.3. The molecule has 1 atom stereocenters. The lowest BCUT2D eigenvalue weighted by Gasteiger charge is -2.13. The van der Waals surface area contributed by atoms with E-state index in [1.54, 1.807) is 0 Å². The maximum Gasteiger partial charge on any atom is 0.229 e. The number of hydrogen-bond acceptors (Lipinski definition) is 6. The van der Waals surface area contributed by atoms with E-state index in [-0.39, 0.29) is 17.5 Å². The summed E-state index contributed by atoms with van der Waals surface area (Å²) in [7, 11) is -2.91. The molecule has 1 aromatic heterocycles. The highest BCUT2D eigenvalue weighted by molar-refractivity contribution is 7.91. The summed E-state index contributed by atoms with van der Waals surface area (Å²) < 4.78 is 23.0. The Morgan fingerprint density at radius 3 is 2.64 bits per heavy atom. The fourth-order valence-electron chi connectivity index (χ4n) is 2.47. The molecule has 3 rings (SSSR count). The van der Waals surface area contributed by atoms with E-state index in [9.17, 15) is 8.42 Å². The van der Waals surface area contributed by atoms with E-state index in [4.69, 9.17) is 0 Å². The predicted octanol–water partition coefficient (Wildman–Crippen LogP) is 2.13. The maximum atomic E-state index is 11.5. The van der Waals surface area contributed by atoms with E-state index < -0.39 is 9.84 Å². The largest absolute Gasteiger partial charge is 0.366 e. The lowest BCUT2D eigenvalue weighted by Crippen LogP contribution is -2.21. The Bertz CT molecular complexity index is 762. The van der Waals surface area contributed by atoms with Crippen molar-refractivity contribution in [3.63, 3.8) is 0 Å². The molecule has 2 heterocycles. The van der Waals surface area contributed by atoms with Crippen molar-refractivity contribution in [2.24, 2.45) is 0 Å². The third kappa shape index (κ3) is 3.73. The number of anilines is 3. The normalized spacial score (nSPS) is 19.8. The van der Waals surface area contributed by atoms with Crippen molar-refractivity contribution >= 4 is 27.3 Å². The average Bonchev–Trinajstić information content (AvgIpc) is 2.78. The first-order valence-corrected chi connectivity index (χ1v) is 8.97. The number of hydrogen-bond donors (Lipinski definition) is 2. The van der Waals surface area contributed by atoms with Crippen LogP contribution < -0.4 is 10.6 Å². The van der Waals surface area contributed by atoms with Crippen LogP contribution in [0.3, 0.4) is 0 Å². The SMILES string of the molecule is Cc1cc(NC2CCS(=O)(=O)C2)nc(Nc2ccccc2)n1. The van der Waals surface area contributed by atoms with Crippen LogP contribution in [0.25, 0.3) is 0 Å².